The Morgan fingerprint density at radius 1 is 1.50 bits per heavy atom. The first kappa shape index (κ1) is 12.7. The Morgan fingerprint density at radius 3 is 2.83 bits per heavy atom. The van der Waals surface area contributed by atoms with Crippen LogP contribution in [0.25, 0.3) is 10.6 Å². The van der Waals surface area contributed by atoms with Crippen molar-refractivity contribution in [2.45, 2.75) is 13.0 Å². The van der Waals surface area contributed by atoms with Gasteiger partial charge in [-0.3, -0.25) is 4.79 Å². The summed E-state index contributed by atoms with van der Waals surface area (Å²) in [5, 5.41) is 13.7. The highest BCUT2D eigenvalue weighted by Gasteiger charge is 2.21. The van der Waals surface area contributed by atoms with E-state index in [0.29, 0.717) is 0 Å². The predicted octanol–water partition coefficient (Wildman–Crippen LogP) is 1.86. The zero-order valence-electron chi connectivity index (χ0n) is 10.0. The molecule has 0 amide bonds. The maximum atomic E-state index is 11.1. The largest absolute Gasteiger partial charge is 0.480 e. The summed E-state index contributed by atoms with van der Waals surface area (Å²) < 4.78 is 0. The first-order valence-electron chi connectivity index (χ1n) is 5.41. The van der Waals surface area contributed by atoms with Crippen LogP contribution >= 0.6 is 11.3 Å². The maximum Gasteiger partial charge on any atom is 0.328 e. The zero-order valence-corrected chi connectivity index (χ0v) is 10.9. The van der Waals surface area contributed by atoms with Crippen molar-refractivity contribution in [3.8, 4) is 10.6 Å². The van der Waals surface area contributed by atoms with Crippen molar-refractivity contribution in [3.63, 3.8) is 0 Å². The van der Waals surface area contributed by atoms with Gasteiger partial charge in [0.1, 0.15) is 0 Å². The third-order valence-corrected chi connectivity index (χ3v) is 3.60. The Kier molecular flexibility index (Phi) is 3.69. The molecule has 0 radical (unpaired) electrons. The maximum absolute atomic E-state index is 11.1. The summed E-state index contributed by atoms with van der Waals surface area (Å²) >= 11 is 1.58. The molecule has 2 N–H and O–H groups in total. The van der Waals surface area contributed by atoms with E-state index in [0.717, 1.165) is 16.1 Å². The molecule has 1 unspecified atom stereocenters. The van der Waals surface area contributed by atoms with Crippen molar-refractivity contribution < 1.29 is 9.90 Å². The predicted molar refractivity (Wildman–Crippen MR) is 69.5 cm³/mol. The number of thiophene rings is 1. The number of aliphatic carboxylic acids is 1. The van der Waals surface area contributed by atoms with Crippen LogP contribution in [0, 0.1) is 6.92 Å². The van der Waals surface area contributed by atoms with Gasteiger partial charge in [0.15, 0.2) is 11.9 Å². The fourth-order valence-electron chi connectivity index (χ4n) is 1.64. The van der Waals surface area contributed by atoms with E-state index in [4.69, 9.17) is 5.11 Å². The van der Waals surface area contributed by atoms with Crippen molar-refractivity contribution in [1.29, 1.82) is 0 Å². The number of hydrogen-bond acceptors (Lipinski definition) is 5. The van der Waals surface area contributed by atoms with E-state index in [2.05, 4.69) is 15.3 Å². The molecule has 6 heteroatoms. The summed E-state index contributed by atoms with van der Waals surface area (Å²) in [5.74, 6) is -0.715. The fraction of sp³-hybridized carbons (Fsp3) is 0.250. The molecule has 2 heterocycles. The smallest absolute Gasteiger partial charge is 0.328 e. The minimum Gasteiger partial charge on any atom is -0.480 e. The normalized spacial score (nSPS) is 12.3. The van der Waals surface area contributed by atoms with E-state index < -0.39 is 12.0 Å². The molecule has 0 aromatic carbocycles. The second-order valence-electron chi connectivity index (χ2n) is 3.79. The number of nitrogens with one attached hydrogen (secondary N) is 1. The molecule has 18 heavy (non-hydrogen) atoms. The Balaban J connectivity index is 2.42. The molecule has 1 atom stereocenters. The van der Waals surface area contributed by atoms with Gasteiger partial charge in [0.2, 0.25) is 0 Å². The van der Waals surface area contributed by atoms with Crippen molar-refractivity contribution in [3.05, 3.63) is 35.1 Å². The number of likely N-dealkylation sites (N-methyl/N-ethyl adjacent to an activating group) is 1. The lowest BCUT2D eigenvalue weighted by molar-refractivity contribution is -0.139. The minimum atomic E-state index is -0.988. The van der Waals surface area contributed by atoms with Gasteiger partial charge in [0, 0.05) is 6.20 Å². The quantitative estimate of drug-likeness (QED) is 0.880. The molecule has 0 aliphatic rings. The van der Waals surface area contributed by atoms with Crippen LogP contribution in [0.1, 0.15) is 17.4 Å². The number of carboxylic acids is 1. The van der Waals surface area contributed by atoms with E-state index in [9.17, 15) is 4.79 Å². The Bertz CT molecular complexity index is 568. The third-order valence-electron chi connectivity index (χ3n) is 2.56. The van der Waals surface area contributed by atoms with Crippen LogP contribution < -0.4 is 5.32 Å². The summed E-state index contributed by atoms with van der Waals surface area (Å²) in [6.45, 7) is 2.00. The highest BCUT2D eigenvalue weighted by molar-refractivity contribution is 7.13. The van der Waals surface area contributed by atoms with Gasteiger partial charge in [-0.2, -0.15) is 0 Å². The summed E-state index contributed by atoms with van der Waals surface area (Å²) in [5.41, 5.74) is 1.88. The van der Waals surface area contributed by atoms with Crippen LogP contribution in [0.3, 0.4) is 0 Å². The molecule has 2 aromatic heterocycles. The van der Waals surface area contributed by atoms with Gasteiger partial charge in [0.25, 0.3) is 0 Å². The SMILES string of the molecule is CNC(C(=O)O)c1nccc(-c2sccc2C)n1. The highest BCUT2D eigenvalue weighted by Crippen LogP contribution is 2.27. The van der Waals surface area contributed by atoms with Gasteiger partial charge < -0.3 is 10.4 Å². The number of aryl methyl sites for hydroxylation is 1. The molecule has 2 rings (SSSR count). The van der Waals surface area contributed by atoms with Crippen molar-refractivity contribution in [2.75, 3.05) is 7.05 Å². The zero-order chi connectivity index (χ0) is 13.1. The van der Waals surface area contributed by atoms with Crippen molar-refractivity contribution >= 4 is 17.3 Å². The molecular formula is C12H13N3O2S. The summed E-state index contributed by atoms with van der Waals surface area (Å²) in [7, 11) is 1.57. The Labute approximate surface area is 109 Å². The lowest BCUT2D eigenvalue weighted by atomic mass is 10.2. The van der Waals surface area contributed by atoms with Gasteiger partial charge in [-0.15, -0.1) is 11.3 Å². The number of carboxylic acid groups (broad SMARTS) is 1. The van der Waals surface area contributed by atoms with Crippen LogP contribution in [0.2, 0.25) is 0 Å². The molecule has 0 spiro atoms. The average molecular weight is 263 g/mol. The van der Waals surface area contributed by atoms with Gasteiger partial charge in [-0.05, 0) is 37.0 Å². The average Bonchev–Trinajstić information content (AvgIpc) is 2.76. The van der Waals surface area contributed by atoms with Crippen molar-refractivity contribution in [2.24, 2.45) is 0 Å². The fourth-order valence-corrected chi connectivity index (χ4v) is 2.53. The molecule has 94 valence electrons. The molecule has 5 nitrogen and oxygen atoms in total. The van der Waals surface area contributed by atoms with Crippen LogP contribution in [0.4, 0.5) is 0 Å². The second kappa shape index (κ2) is 5.24. The topological polar surface area (TPSA) is 75.1 Å². The van der Waals surface area contributed by atoms with E-state index in [1.54, 1.807) is 30.6 Å². The molecule has 0 bridgehead atoms. The van der Waals surface area contributed by atoms with Gasteiger partial charge >= 0.3 is 5.97 Å². The molecule has 0 aliphatic heterocycles. The second-order valence-corrected chi connectivity index (χ2v) is 4.71. The number of carbonyl (C=O) groups is 1. The Hall–Kier alpha value is -1.79. The van der Waals surface area contributed by atoms with Gasteiger partial charge in [-0.1, -0.05) is 0 Å². The lowest BCUT2D eigenvalue weighted by Crippen LogP contribution is -2.27. The van der Waals surface area contributed by atoms with E-state index >= 15 is 0 Å². The number of nitrogens with zero attached hydrogens (tertiary/aromatic N) is 2. The minimum absolute atomic E-state index is 0.273. The standard InChI is InChI=1S/C12H13N3O2S/c1-7-4-6-18-10(7)8-3-5-14-11(15-8)9(13-2)12(16)17/h3-6,9,13H,1-2H3,(H,16,17). The molecule has 0 fully saturated rings. The monoisotopic (exact) mass is 263 g/mol. The van der Waals surface area contributed by atoms with Crippen LogP contribution in [0.15, 0.2) is 23.7 Å². The molecule has 0 aliphatic carbocycles. The first-order chi connectivity index (χ1) is 8.63. The van der Waals surface area contributed by atoms with Crippen LogP contribution in [-0.2, 0) is 4.79 Å². The number of rotatable bonds is 4. The van der Waals surface area contributed by atoms with Gasteiger partial charge in [-0.25, -0.2) is 9.97 Å². The highest BCUT2D eigenvalue weighted by atomic mass is 32.1. The first-order valence-corrected chi connectivity index (χ1v) is 6.29. The summed E-state index contributed by atoms with van der Waals surface area (Å²) in [6.07, 6.45) is 1.59. The van der Waals surface area contributed by atoms with E-state index in [1.807, 2.05) is 18.4 Å². The Morgan fingerprint density at radius 2 is 2.28 bits per heavy atom. The summed E-state index contributed by atoms with van der Waals surface area (Å²) in [6, 6.07) is 2.91. The van der Waals surface area contributed by atoms with Gasteiger partial charge in [0.05, 0.1) is 10.6 Å². The number of hydrogen-bond donors (Lipinski definition) is 2. The third kappa shape index (κ3) is 2.39. The van der Waals surface area contributed by atoms with E-state index in [1.165, 1.54) is 0 Å². The van der Waals surface area contributed by atoms with Crippen LogP contribution in [0.5, 0.6) is 0 Å². The molecule has 2 aromatic rings. The molecular weight excluding hydrogens is 250 g/mol. The van der Waals surface area contributed by atoms with E-state index in [-0.39, 0.29) is 5.82 Å². The van der Waals surface area contributed by atoms with Crippen LogP contribution in [-0.4, -0.2) is 28.1 Å². The number of aromatic nitrogens is 2. The molecule has 0 saturated heterocycles. The lowest BCUT2D eigenvalue weighted by Gasteiger charge is -2.10. The molecule has 0 saturated carbocycles. The summed E-state index contributed by atoms with van der Waals surface area (Å²) in [4.78, 5) is 20.4. The van der Waals surface area contributed by atoms with Crippen molar-refractivity contribution in [1.82, 2.24) is 15.3 Å².